The maximum absolute atomic E-state index is 4.61. The molecule has 0 aliphatic rings. The third-order valence-corrected chi connectivity index (χ3v) is 2.23. The first kappa shape index (κ1) is 19.5. The van der Waals surface area contributed by atoms with Gasteiger partial charge in [-0.1, -0.05) is 26.2 Å². The second-order valence-corrected chi connectivity index (χ2v) is 5.09. The summed E-state index contributed by atoms with van der Waals surface area (Å²) in [6.45, 7) is 7.63. The molecule has 3 heteroatoms. The van der Waals surface area contributed by atoms with E-state index in [-0.39, 0.29) is 12.8 Å². The van der Waals surface area contributed by atoms with Crippen LogP contribution in [0.2, 0.25) is 0 Å². The Hall–Kier alpha value is 0.158. The number of hydrogen-bond donors (Lipinski definition) is 0. The summed E-state index contributed by atoms with van der Waals surface area (Å²) in [5.74, 6) is 0. The predicted octanol–water partition coefficient (Wildman–Crippen LogP) is 3.98. The van der Waals surface area contributed by atoms with Crippen LogP contribution in [-0.4, -0.2) is 19.0 Å². The van der Waals surface area contributed by atoms with Gasteiger partial charge in [0.2, 0.25) is 0 Å². The van der Waals surface area contributed by atoms with Crippen LogP contribution in [0, 0.1) is 13.5 Å². The van der Waals surface area contributed by atoms with Gasteiger partial charge in [0.15, 0.2) is 0 Å². The molecule has 0 N–H and O–H groups in total. The van der Waals surface area contributed by atoms with E-state index in [2.05, 4.69) is 73.5 Å². The fraction of sp³-hybridized carbons (Fsp3) is 0.500. The number of rotatable bonds is 2. The van der Waals surface area contributed by atoms with E-state index in [1.54, 1.807) is 18.8 Å². The van der Waals surface area contributed by atoms with Gasteiger partial charge in [0.05, 0.1) is 0 Å². The van der Waals surface area contributed by atoms with Crippen LogP contribution in [0.3, 0.4) is 0 Å². The van der Waals surface area contributed by atoms with Gasteiger partial charge in [-0.3, -0.25) is 0 Å². The van der Waals surface area contributed by atoms with Crippen molar-refractivity contribution in [3.05, 3.63) is 42.8 Å². The monoisotopic (exact) mass is 435 g/mol. The van der Waals surface area contributed by atoms with E-state index in [1.807, 2.05) is 0 Å². The van der Waals surface area contributed by atoms with Crippen LogP contribution in [0.5, 0.6) is 0 Å². The molecule has 0 aliphatic carbocycles. The Morgan fingerprint density at radius 2 is 1.76 bits per heavy atom. The molecule has 0 radical (unpaired) electrons. The van der Waals surface area contributed by atoms with Crippen molar-refractivity contribution in [2.45, 2.75) is 32.7 Å². The molecule has 17 heavy (non-hydrogen) atoms. The molecule has 0 atom stereocenters. The summed E-state index contributed by atoms with van der Waals surface area (Å²) in [4.78, 5) is 2.16. The van der Waals surface area contributed by atoms with Crippen molar-refractivity contribution in [3.63, 3.8) is 0 Å². The first-order valence-corrected chi connectivity index (χ1v) is 7.99. The van der Waals surface area contributed by atoms with Gasteiger partial charge >= 0.3 is 28.2 Å². The fourth-order valence-corrected chi connectivity index (χ4v) is 1.36. The number of nitrogens with zero attached hydrogens (tertiary/aromatic N) is 1. The molecule has 0 saturated heterocycles. The van der Waals surface area contributed by atoms with Crippen molar-refractivity contribution in [2.75, 3.05) is 14.1 Å². The minimum atomic E-state index is 0. The third kappa shape index (κ3) is 7.97. The van der Waals surface area contributed by atoms with Crippen LogP contribution in [0.15, 0.2) is 18.2 Å². The molecule has 103 valence electrons. The summed E-state index contributed by atoms with van der Waals surface area (Å²) in [5.41, 5.74) is 2.83. The summed E-state index contributed by atoms with van der Waals surface area (Å²) in [5, 5.41) is 0. The van der Waals surface area contributed by atoms with Crippen LogP contribution in [-0.2, 0) is 30.7 Å². The van der Waals surface area contributed by atoms with Crippen molar-refractivity contribution in [2.24, 2.45) is 0 Å². The molecule has 0 fully saturated rings. The summed E-state index contributed by atoms with van der Waals surface area (Å²) in [6, 6.07) is 9.81. The molecule has 0 unspecified atom stereocenters. The Balaban J connectivity index is 0. The number of hydrogen-bond acceptors (Lipinski definition) is 1. The number of benzene rings is 1. The first-order chi connectivity index (χ1) is 7.39. The first-order valence-electron chi connectivity index (χ1n) is 5.17. The fourth-order valence-electron chi connectivity index (χ4n) is 1.36. The second kappa shape index (κ2) is 9.14. The molecule has 0 amide bonds. The maximum atomic E-state index is 4.61. The van der Waals surface area contributed by atoms with E-state index >= 15 is 0 Å². The van der Waals surface area contributed by atoms with Crippen molar-refractivity contribution in [1.29, 1.82) is 0 Å². The van der Waals surface area contributed by atoms with Crippen molar-refractivity contribution >= 4 is 9.42 Å². The Bertz CT molecular complexity index is 288. The Labute approximate surface area is 122 Å². The molecule has 1 aromatic rings. The van der Waals surface area contributed by atoms with E-state index in [0.29, 0.717) is 0 Å². The van der Waals surface area contributed by atoms with Gasteiger partial charge in [-0.05, 0) is 14.1 Å². The van der Waals surface area contributed by atoms with Crippen LogP contribution >= 0.6 is 9.42 Å². The SMILES string of the molecule is CN(C)Cc1[c-]cc(C(C)(C)C)cc1.[CH3-].[Cl][Pt]. The molecule has 0 aromatic heterocycles. The molecule has 0 saturated carbocycles. The van der Waals surface area contributed by atoms with Gasteiger partial charge in [0.25, 0.3) is 0 Å². The van der Waals surface area contributed by atoms with Crippen LogP contribution < -0.4 is 0 Å². The standard InChI is InChI=1S/C13H20N.CH3.ClH.Pt/c1-13(2,3)12-8-6-11(7-9-12)10-14(4)5;;;/h6,8-9H,10H2,1-5H3;1H3;1H;/q2*-1;;+1/p-1. The topological polar surface area (TPSA) is 3.24 Å². The van der Waals surface area contributed by atoms with Crippen molar-refractivity contribution in [3.8, 4) is 0 Å². The summed E-state index contributed by atoms with van der Waals surface area (Å²) in [7, 11) is 8.76. The summed E-state index contributed by atoms with van der Waals surface area (Å²) < 4.78 is 0. The van der Waals surface area contributed by atoms with Crippen molar-refractivity contribution < 1.29 is 18.8 Å². The predicted molar refractivity (Wildman–Crippen MR) is 73.6 cm³/mol. The van der Waals surface area contributed by atoms with Crippen LogP contribution in [0.1, 0.15) is 31.9 Å². The zero-order valence-electron chi connectivity index (χ0n) is 11.6. The van der Waals surface area contributed by atoms with Gasteiger partial charge < -0.3 is 12.3 Å². The molecule has 0 aliphatic heterocycles. The second-order valence-electron chi connectivity index (χ2n) is 5.09. The number of halogens is 1. The van der Waals surface area contributed by atoms with E-state index in [9.17, 15) is 0 Å². The van der Waals surface area contributed by atoms with E-state index in [0.717, 1.165) is 6.54 Å². The Kier molecular flexibility index (Phi) is 10.5. The van der Waals surface area contributed by atoms with E-state index < -0.39 is 0 Å². The Morgan fingerprint density at radius 3 is 2.06 bits per heavy atom. The quantitative estimate of drug-likeness (QED) is 0.635. The van der Waals surface area contributed by atoms with Crippen LogP contribution in [0.4, 0.5) is 0 Å². The molecule has 1 rings (SSSR count). The summed E-state index contributed by atoms with van der Waals surface area (Å²) >= 11 is 1.61. The average molecular weight is 436 g/mol. The van der Waals surface area contributed by atoms with Crippen molar-refractivity contribution in [1.82, 2.24) is 4.90 Å². The van der Waals surface area contributed by atoms with Gasteiger partial charge in [-0.2, -0.15) is 29.8 Å². The van der Waals surface area contributed by atoms with Gasteiger partial charge in [0, 0.05) is 6.54 Å². The zero-order valence-corrected chi connectivity index (χ0v) is 14.6. The molecular weight excluding hydrogens is 413 g/mol. The zero-order chi connectivity index (χ0) is 12.8. The normalized spacial score (nSPS) is 10.4. The molecule has 0 spiro atoms. The molecular formula is C14H23ClNPt-2. The molecule has 0 heterocycles. The molecule has 1 nitrogen and oxygen atoms in total. The third-order valence-electron chi connectivity index (χ3n) is 2.23. The minimum absolute atomic E-state index is 0. The molecule has 0 bridgehead atoms. The van der Waals surface area contributed by atoms with E-state index in [4.69, 9.17) is 0 Å². The van der Waals surface area contributed by atoms with Crippen LogP contribution in [0.25, 0.3) is 0 Å². The van der Waals surface area contributed by atoms with Gasteiger partial charge in [0.1, 0.15) is 0 Å². The summed E-state index contributed by atoms with van der Waals surface area (Å²) in [6.07, 6.45) is 0. The van der Waals surface area contributed by atoms with Gasteiger partial charge in [-0.25, -0.2) is 0 Å². The average Bonchev–Trinajstić information content (AvgIpc) is 2.19. The molecule has 1 aromatic carbocycles. The Morgan fingerprint density at radius 1 is 1.24 bits per heavy atom. The van der Waals surface area contributed by atoms with Gasteiger partial charge in [-0.15, -0.1) is 5.56 Å². The van der Waals surface area contributed by atoms with E-state index in [1.165, 1.54) is 11.1 Å².